The molecule has 0 atom stereocenters. The Morgan fingerprint density at radius 1 is 0.458 bits per heavy atom. The molecule has 0 unspecified atom stereocenters. The van der Waals surface area contributed by atoms with Gasteiger partial charge in [0, 0.05) is 39.1 Å². The molecule has 212 valence electrons. The van der Waals surface area contributed by atoms with E-state index in [0.717, 1.165) is 22.6 Å². The maximum absolute atomic E-state index is 6.62. The largest absolute Gasteiger partial charge is 0.313 e. The second kappa shape index (κ2) is 13.7. The average molecular weight is 635 g/mol. The Morgan fingerprint density at radius 3 is 1.29 bits per heavy atom. The minimum atomic E-state index is -0.956. The molecule has 20 radical (unpaired) electrons. The number of hydrogen-bond acceptors (Lipinski definition) is 2. The fourth-order valence-corrected chi connectivity index (χ4v) is 6.83. The Labute approximate surface area is 305 Å². The van der Waals surface area contributed by atoms with Crippen LogP contribution in [0.2, 0.25) is 5.02 Å². The second-order valence-corrected chi connectivity index (χ2v) is 16.9. The van der Waals surface area contributed by atoms with Crippen molar-refractivity contribution in [2.75, 3.05) is 28.6 Å². The Morgan fingerprint density at radius 2 is 0.875 bits per heavy atom. The van der Waals surface area contributed by atoms with E-state index in [0.29, 0.717) is 10.7 Å². The molecule has 0 N–H and O–H groups in total. The van der Waals surface area contributed by atoms with Gasteiger partial charge < -0.3 is 9.80 Å². The van der Waals surface area contributed by atoms with Crippen LogP contribution in [0.4, 0.5) is 34.1 Å². The van der Waals surface area contributed by atoms with Crippen molar-refractivity contribution in [3.63, 3.8) is 0 Å². The van der Waals surface area contributed by atoms with E-state index in [-0.39, 0.29) is 66.0 Å². The molecule has 0 fully saturated rings. The van der Waals surface area contributed by atoms with Gasteiger partial charge in [0.15, 0.2) is 0 Å². The van der Waals surface area contributed by atoms with E-state index in [1.165, 1.54) is 4.90 Å². The van der Waals surface area contributed by atoms with Gasteiger partial charge >= 0.3 is 0 Å². The van der Waals surface area contributed by atoms with Gasteiger partial charge in [-0.15, -0.1) is 32.8 Å². The number of aryl methyl sites for hydroxylation is 1. The van der Waals surface area contributed by atoms with Gasteiger partial charge in [-0.3, -0.25) is 0 Å². The zero-order valence-corrected chi connectivity index (χ0v) is 28.9. The Bertz CT molecular complexity index is 1920. The monoisotopic (exact) mass is 636 g/mol. The molecule has 0 spiro atoms. The first-order valence-electron chi connectivity index (χ1n) is 14.7. The van der Waals surface area contributed by atoms with Crippen molar-refractivity contribution in [3.8, 4) is 0 Å². The highest BCUT2D eigenvalue weighted by Crippen LogP contribution is 2.46. The topological polar surface area (TPSA) is 6.48 Å². The van der Waals surface area contributed by atoms with E-state index in [4.69, 9.17) is 90.1 Å². The van der Waals surface area contributed by atoms with Gasteiger partial charge in [0.05, 0.1) is 0 Å². The van der Waals surface area contributed by atoms with E-state index >= 15 is 0 Å². The maximum Gasteiger partial charge on any atom is 0.115 e. The summed E-state index contributed by atoms with van der Waals surface area (Å²) in [5, 5.41) is 0.588. The molecule has 0 aromatic heterocycles. The summed E-state index contributed by atoms with van der Waals surface area (Å²) < 4.78 is 0. The van der Waals surface area contributed by atoms with Gasteiger partial charge in [0.2, 0.25) is 0 Å². The number of rotatable bonds is 7. The predicted molar refractivity (Wildman–Crippen MR) is 223 cm³/mol. The maximum atomic E-state index is 6.62. The van der Waals surface area contributed by atoms with Crippen molar-refractivity contribution in [3.05, 3.63) is 77.3 Å². The van der Waals surface area contributed by atoms with Crippen LogP contribution in [0.15, 0.2) is 71.6 Å². The van der Waals surface area contributed by atoms with Gasteiger partial charge in [-0.05, 0) is 96.8 Å². The summed E-state index contributed by atoms with van der Waals surface area (Å²) in [4.78, 5) is 4.96. The second-order valence-electron chi connectivity index (χ2n) is 12.3. The van der Waals surface area contributed by atoms with Crippen molar-refractivity contribution in [1.82, 2.24) is 0 Å². The van der Waals surface area contributed by atoms with Crippen LogP contribution in [0.3, 0.4) is 0 Å². The standard InChI is InChI=1S/C34H23B10ClN2S/c1-16-12-17(45)14-21(13-16)46(18-8-10-22(11-9-18)48(2,3)4)19-6-5-7-20(15-19)47(33-29(41)25(37)23(35)26(38)30(33)42)34-31(43)27(39)24(36)28(40)32(34)44/h5-15H,1-4H3. The molecule has 0 amide bonds. The first-order valence-corrected chi connectivity index (χ1v) is 18.0. The van der Waals surface area contributed by atoms with Crippen LogP contribution in [-0.2, 0) is 0 Å². The fourth-order valence-electron chi connectivity index (χ4n) is 5.59. The minimum Gasteiger partial charge on any atom is -0.313 e. The molecule has 0 aliphatic carbocycles. The summed E-state index contributed by atoms with van der Waals surface area (Å²) >= 11 is 6.60. The van der Waals surface area contributed by atoms with Gasteiger partial charge in [-0.25, -0.2) is 10.0 Å². The molecule has 14 heteroatoms. The van der Waals surface area contributed by atoms with Crippen LogP contribution in [0.25, 0.3) is 0 Å². The summed E-state index contributed by atoms with van der Waals surface area (Å²) in [5.74, 6) is 0. The molecule has 0 saturated carbocycles. The molecule has 0 aliphatic heterocycles. The first-order chi connectivity index (χ1) is 22.4. The van der Waals surface area contributed by atoms with E-state index < -0.39 is 10.0 Å². The van der Waals surface area contributed by atoms with E-state index in [1.807, 2.05) is 49.4 Å². The van der Waals surface area contributed by atoms with Crippen LogP contribution < -0.4 is 64.4 Å². The molecule has 2 nitrogen and oxygen atoms in total. The van der Waals surface area contributed by atoms with Crippen molar-refractivity contribution in [1.29, 1.82) is 0 Å². The molecule has 48 heavy (non-hydrogen) atoms. The van der Waals surface area contributed by atoms with E-state index in [2.05, 4.69) is 47.9 Å². The zero-order valence-electron chi connectivity index (χ0n) is 27.3. The van der Waals surface area contributed by atoms with Crippen LogP contribution in [0, 0.1) is 6.92 Å². The third kappa shape index (κ3) is 6.62. The molecule has 0 bridgehead atoms. The van der Waals surface area contributed by atoms with Crippen LogP contribution in [0.1, 0.15) is 5.56 Å². The summed E-state index contributed by atoms with van der Waals surface area (Å²) in [6, 6.07) is 21.9. The lowest BCUT2D eigenvalue weighted by Crippen LogP contribution is -2.59. The van der Waals surface area contributed by atoms with Crippen LogP contribution in [0.5, 0.6) is 0 Å². The average Bonchev–Trinajstić information content (AvgIpc) is 3.03. The molecular weight excluding hydrogens is 612 g/mol. The number of anilines is 6. The Hall–Kier alpha value is -3.01. The lowest BCUT2D eigenvalue weighted by atomic mass is 9.60. The lowest BCUT2D eigenvalue weighted by molar-refractivity contribution is 1.25. The van der Waals surface area contributed by atoms with Gasteiger partial charge in [-0.1, -0.05) is 39.5 Å². The summed E-state index contributed by atoms with van der Waals surface area (Å²) in [6.07, 6.45) is 6.75. The van der Waals surface area contributed by atoms with Crippen molar-refractivity contribution in [2.24, 2.45) is 0 Å². The predicted octanol–water partition coefficient (Wildman–Crippen LogP) is -1.42. The highest BCUT2D eigenvalue weighted by molar-refractivity contribution is 8.32. The van der Waals surface area contributed by atoms with Gasteiger partial charge in [0.25, 0.3) is 0 Å². The third-order valence-electron chi connectivity index (χ3n) is 8.22. The first kappa shape index (κ1) is 36.3. The Kier molecular flexibility index (Phi) is 10.4. The molecule has 5 aromatic rings. The summed E-state index contributed by atoms with van der Waals surface area (Å²) in [7, 11) is 63.2. The van der Waals surface area contributed by atoms with Gasteiger partial charge in [-0.2, -0.15) is 0 Å². The number of benzene rings is 5. The van der Waals surface area contributed by atoms with E-state index in [9.17, 15) is 0 Å². The molecule has 0 saturated heterocycles. The lowest BCUT2D eigenvalue weighted by Gasteiger charge is -2.37. The number of hydrogen-bond donors (Lipinski definition) is 0. The van der Waals surface area contributed by atoms with Crippen LogP contribution >= 0.6 is 21.6 Å². The van der Waals surface area contributed by atoms with Gasteiger partial charge in [0.1, 0.15) is 78.5 Å². The van der Waals surface area contributed by atoms with Crippen molar-refractivity contribution < 1.29 is 0 Å². The summed E-state index contributed by atoms with van der Waals surface area (Å²) in [5.41, 5.74) is 4.71. The fraction of sp³-hybridized carbons (Fsp3) is 0.118. The Balaban J connectivity index is 1.85. The smallest absolute Gasteiger partial charge is 0.115 e. The van der Waals surface area contributed by atoms with Crippen molar-refractivity contribution in [2.45, 2.75) is 11.8 Å². The van der Waals surface area contributed by atoms with Crippen molar-refractivity contribution >= 4 is 189 Å². The number of halogens is 1. The quantitative estimate of drug-likeness (QED) is 0.203. The zero-order chi connectivity index (χ0) is 35.4. The molecule has 0 heterocycles. The van der Waals surface area contributed by atoms with E-state index in [1.54, 1.807) is 4.90 Å². The minimum absolute atomic E-state index is 0.0310. The molecule has 5 aromatic carbocycles. The normalized spacial score (nSPS) is 11.8. The molecule has 5 rings (SSSR count). The molecule has 0 aliphatic rings. The SMILES string of the molecule is [B]c1c([B])c([B])c(N(c2cccc(N(c3ccc(S(C)(C)C)cc3)c3cc(C)cc(Cl)c3)c2)c2c([B])c([B])c([B])c([B])c2[B])c([B])c1[B]. The highest BCUT2D eigenvalue weighted by atomic mass is 35.5. The number of nitrogens with zero attached hydrogens (tertiary/aromatic N) is 2. The highest BCUT2D eigenvalue weighted by Gasteiger charge is 2.25. The molecular formula is C34H23B10ClN2S. The summed E-state index contributed by atoms with van der Waals surface area (Å²) in [6.45, 7) is 1.99. The third-order valence-corrected chi connectivity index (χ3v) is 10.1. The van der Waals surface area contributed by atoms with Crippen LogP contribution in [-0.4, -0.2) is 97.2 Å².